The van der Waals surface area contributed by atoms with E-state index in [0.29, 0.717) is 13.2 Å². The van der Waals surface area contributed by atoms with Crippen molar-refractivity contribution in [3.05, 3.63) is 59.7 Å². The summed E-state index contributed by atoms with van der Waals surface area (Å²) in [6.45, 7) is 3.22. The first-order valence-corrected chi connectivity index (χ1v) is 9.10. The van der Waals surface area contributed by atoms with Crippen LogP contribution >= 0.6 is 0 Å². The maximum Gasteiger partial charge on any atom is 0.198 e. The van der Waals surface area contributed by atoms with Crippen molar-refractivity contribution in [1.29, 1.82) is 0 Å². The first kappa shape index (κ1) is 18.3. The molecule has 0 bridgehead atoms. The number of likely N-dealkylation sites (N-methyl/N-ethyl adjacent to an activating group) is 1. The summed E-state index contributed by atoms with van der Waals surface area (Å²) in [5, 5.41) is 3.49. The highest BCUT2D eigenvalue weighted by Crippen LogP contribution is 2.27. The van der Waals surface area contributed by atoms with Crippen molar-refractivity contribution in [2.24, 2.45) is 4.99 Å². The van der Waals surface area contributed by atoms with E-state index in [9.17, 15) is 0 Å². The zero-order chi connectivity index (χ0) is 18.4. The average Bonchev–Trinajstić information content (AvgIpc) is 3.07. The van der Waals surface area contributed by atoms with Crippen LogP contribution < -0.4 is 15.0 Å². The summed E-state index contributed by atoms with van der Waals surface area (Å²) in [4.78, 5) is 8.86. The lowest BCUT2D eigenvalue weighted by Gasteiger charge is -2.23. The Kier molecular flexibility index (Phi) is 6.12. The average molecular weight is 352 g/mol. The number of fused-ring (bicyclic) bond motifs is 1. The summed E-state index contributed by atoms with van der Waals surface area (Å²) < 4.78 is 5.96. The molecule has 138 valence electrons. The van der Waals surface area contributed by atoms with E-state index in [4.69, 9.17) is 4.74 Å². The number of guanidine groups is 1. The van der Waals surface area contributed by atoms with Gasteiger partial charge in [0.1, 0.15) is 12.4 Å². The summed E-state index contributed by atoms with van der Waals surface area (Å²) in [5.74, 6) is 1.83. The number of nitrogens with one attached hydrogen (secondary N) is 1. The van der Waals surface area contributed by atoms with Gasteiger partial charge in [0.05, 0.1) is 0 Å². The zero-order valence-corrected chi connectivity index (χ0v) is 15.9. The van der Waals surface area contributed by atoms with Gasteiger partial charge in [0.15, 0.2) is 5.96 Å². The van der Waals surface area contributed by atoms with Gasteiger partial charge in [-0.1, -0.05) is 36.4 Å². The topological polar surface area (TPSA) is 40.1 Å². The van der Waals surface area contributed by atoms with Crippen LogP contribution in [0, 0.1) is 0 Å². The molecule has 5 heteroatoms. The van der Waals surface area contributed by atoms with Gasteiger partial charge < -0.3 is 19.9 Å². The number of hydrogen-bond acceptors (Lipinski definition) is 3. The number of benzene rings is 2. The number of aliphatic imine (C=N–C) groups is 1. The Bertz CT molecular complexity index is 757. The van der Waals surface area contributed by atoms with Crippen LogP contribution in [0.5, 0.6) is 5.75 Å². The molecule has 5 nitrogen and oxygen atoms in total. The van der Waals surface area contributed by atoms with Gasteiger partial charge in [-0.2, -0.15) is 0 Å². The van der Waals surface area contributed by atoms with E-state index >= 15 is 0 Å². The molecule has 0 amide bonds. The Hall–Kier alpha value is -2.53. The van der Waals surface area contributed by atoms with Crippen LogP contribution in [0.4, 0.5) is 5.69 Å². The van der Waals surface area contributed by atoms with E-state index in [-0.39, 0.29) is 0 Å². The highest BCUT2D eigenvalue weighted by molar-refractivity contribution is 5.97. The van der Waals surface area contributed by atoms with Crippen LogP contribution in [0.2, 0.25) is 0 Å². The summed E-state index contributed by atoms with van der Waals surface area (Å²) in [6, 6.07) is 16.7. The SMILES string of the molecule is CN=C(NCc1ccccc1OCCN(C)C)N1CCc2ccccc21. The standard InChI is InChI=1S/C21H28N4O/c1-22-21(25-13-12-17-8-4-6-10-19(17)25)23-16-18-9-5-7-11-20(18)26-15-14-24(2)3/h4-11H,12-16H2,1-3H3,(H,22,23). The van der Waals surface area contributed by atoms with Crippen molar-refractivity contribution in [3.8, 4) is 5.75 Å². The number of anilines is 1. The van der Waals surface area contributed by atoms with Gasteiger partial charge in [0.25, 0.3) is 0 Å². The van der Waals surface area contributed by atoms with Crippen LogP contribution in [0.15, 0.2) is 53.5 Å². The molecule has 0 spiro atoms. The number of nitrogens with zero attached hydrogens (tertiary/aromatic N) is 3. The van der Waals surface area contributed by atoms with E-state index in [0.717, 1.165) is 36.8 Å². The Balaban J connectivity index is 1.65. The number of para-hydroxylation sites is 2. The second kappa shape index (κ2) is 8.72. The van der Waals surface area contributed by atoms with Gasteiger partial charge in [0, 0.05) is 37.9 Å². The fourth-order valence-corrected chi connectivity index (χ4v) is 3.16. The fraction of sp³-hybridized carbons (Fsp3) is 0.381. The molecule has 1 heterocycles. The molecular weight excluding hydrogens is 324 g/mol. The molecule has 0 saturated carbocycles. The molecule has 1 aliphatic heterocycles. The highest BCUT2D eigenvalue weighted by Gasteiger charge is 2.22. The monoisotopic (exact) mass is 352 g/mol. The number of hydrogen-bond donors (Lipinski definition) is 1. The molecule has 0 fully saturated rings. The molecular formula is C21H28N4O. The zero-order valence-electron chi connectivity index (χ0n) is 15.9. The Morgan fingerprint density at radius 2 is 1.92 bits per heavy atom. The summed E-state index contributed by atoms with van der Waals surface area (Å²) in [7, 11) is 5.94. The van der Waals surface area contributed by atoms with E-state index < -0.39 is 0 Å². The molecule has 0 saturated heterocycles. The minimum Gasteiger partial charge on any atom is -0.492 e. The first-order valence-electron chi connectivity index (χ1n) is 9.10. The van der Waals surface area contributed by atoms with E-state index in [1.165, 1.54) is 11.3 Å². The quantitative estimate of drug-likeness (QED) is 0.641. The minimum atomic E-state index is 0.679. The first-order chi connectivity index (χ1) is 12.7. The lowest BCUT2D eigenvalue weighted by molar-refractivity contribution is 0.259. The second-order valence-electron chi connectivity index (χ2n) is 6.69. The molecule has 3 rings (SSSR count). The van der Waals surface area contributed by atoms with Crippen LogP contribution in [0.1, 0.15) is 11.1 Å². The third-order valence-corrected chi connectivity index (χ3v) is 4.56. The molecule has 0 unspecified atom stereocenters. The Labute approximate surface area is 156 Å². The summed E-state index contributed by atoms with van der Waals surface area (Å²) in [6.07, 6.45) is 1.06. The predicted octanol–water partition coefficient (Wildman–Crippen LogP) is 2.77. The van der Waals surface area contributed by atoms with Crippen molar-refractivity contribution in [3.63, 3.8) is 0 Å². The molecule has 2 aromatic rings. The van der Waals surface area contributed by atoms with E-state index in [1.807, 2.05) is 25.2 Å². The lowest BCUT2D eigenvalue weighted by atomic mass is 10.2. The van der Waals surface area contributed by atoms with Crippen molar-refractivity contribution in [2.45, 2.75) is 13.0 Å². The molecule has 0 radical (unpaired) electrons. The second-order valence-corrected chi connectivity index (χ2v) is 6.69. The van der Waals surface area contributed by atoms with Crippen molar-refractivity contribution in [2.75, 3.05) is 45.7 Å². The van der Waals surface area contributed by atoms with Crippen molar-refractivity contribution >= 4 is 11.6 Å². The van der Waals surface area contributed by atoms with Gasteiger partial charge in [-0.15, -0.1) is 0 Å². The molecule has 2 aromatic carbocycles. The third-order valence-electron chi connectivity index (χ3n) is 4.56. The van der Waals surface area contributed by atoms with Gasteiger partial charge in [0.2, 0.25) is 0 Å². The van der Waals surface area contributed by atoms with Gasteiger partial charge in [-0.05, 0) is 38.2 Å². The number of ether oxygens (including phenoxy) is 1. The smallest absolute Gasteiger partial charge is 0.198 e. The molecule has 0 aliphatic carbocycles. The minimum absolute atomic E-state index is 0.679. The molecule has 1 aliphatic rings. The summed E-state index contributed by atoms with van der Waals surface area (Å²) in [5.41, 5.74) is 3.76. The van der Waals surface area contributed by atoms with E-state index in [1.54, 1.807) is 0 Å². The predicted molar refractivity (Wildman–Crippen MR) is 108 cm³/mol. The Morgan fingerprint density at radius 3 is 2.73 bits per heavy atom. The number of rotatable bonds is 6. The third kappa shape index (κ3) is 4.35. The molecule has 0 atom stereocenters. The highest BCUT2D eigenvalue weighted by atomic mass is 16.5. The fourth-order valence-electron chi connectivity index (χ4n) is 3.16. The van der Waals surface area contributed by atoms with Crippen LogP contribution in [0.3, 0.4) is 0 Å². The maximum atomic E-state index is 5.96. The maximum absolute atomic E-state index is 5.96. The van der Waals surface area contributed by atoms with Crippen molar-refractivity contribution < 1.29 is 4.74 Å². The van der Waals surface area contributed by atoms with Crippen molar-refractivity contribution in [1.82, 2.24) is 10.2 Å². The normalized spacial score (nSPS) is 13.8. The van der Waals surface area contributed by atoms with Crippen LogP contribution in [0.25, 0.3) is 0 Å². The van der Waals surface area contributed by atoms with Gasteiger partial charge in [-0.3, -0.25) is 4.99 Å². The molecule has 0 aromatic heterocycles. The van der Waals surface area contributed by atoms with E-state index in [2.05, 4.69) is 64.5 Å². The largest absolute Gasteiger partial charge is 0.492 e. The lowest BCUT2D eigenvalue weighted by Crippen LogP contribution is -2.40. The summed E-state index contributed by atoms with van der Waals surface area (Å²) >= 11 is 0. The van der Waals surface area contributed by atoms with Gasteiger partial charge in [-0.25, -0.2) is 0 Å². The van der Waals surface area contributed by atoms with Crippen LogP contribution in [-0.4, -0.2) is 51.7 Å². The Morgan fingerprint density at radius 1 is 1.15 bits per heavy atom. The van der Waals surface area contributed by atoms with Gasteiger partial charge >= 0.3 is 0 Å². The van der Waals surface area contributed by atoms with Crippen LogP contribution in [-0.2, 0) is 13.0 Å². The molecule has 1 N–H and O–H groups in total. The molecule has 26 heavy (non-hydrogen) atoms.